The maximum Gasteiger partial charge on any atom is 0.178 e. The predicted molar refractivity (Wildman–Crippen MR) is 60.5 cm³/mol. The molecule has 0 aromatic heterocycles. The van der Waals surface area contributed by atoms with Crippen LogP contribution in [0.3, 0.4) is 0 Å². The molecule has 82 valence electrons. The molecule has 3 heteroatoms. The van der Waals surface area contributed by atoms with E-state index in [2.05, 4.69) is 13.8 Å². The lowest BCUT2D eigenvalue weighted by Gasteiger charge is -2.27. The Hall–Kier alpha value is -0.830. The first-order valence-corrected chi connectivity index (χ1v) is 6.96. The average Bonchev–Trinajstić information content (AvgIpc) is 2.16. The van der Waals surface area contributed by atoms with Crippen molar-refractivity contribution in [2.24, 2.45) is 11.8 Å². The van der Waals surface area contributed by atoms with E-state index in [9.17, 15) is 8.42 Å². The van der Waals surface area contributed by atoms with Crippen LogP contribution in [0.15, 0.2) is 29.2 Å². The van der Waals surface area contributed by atoms with Gasteiger partial charge >= 0.3 is 0 Å². The average molecular weight is 224 g/mol. The zero-order chi connectivity index (χ0) is 11.1. The fourth-order valence-corrected chi connectivity index (χ4v) is 4.20. The molecule has 0 amide bonds. The van der Waals surface area contributed by atoms with Gasteiger partial charge in [0.15, 0.2) is 9.84 Å². The molecular weight excluding hydrogens is 208 g/mol. The summed E-state index contributed by atoms with van der Waals surface area (Å²) in [6.07, 6.45) is 0.896. The van der Waals surface area contributed by atoms with Gasteiger partial charge < -0.3 is 0 Å². The lowest BCUT2D eigenvalue weighted by atomic mass is 9.90. The maximum atomic E-state index is 12.0. The van der Waals surface area contributed by atoms with E-state index in [1.54, 1.807) is 12.1 Å². The van der Waals surface area contributed by atoms with Crippen LogP contribution in [0.25, 0.3) is 0 Å². The van der Waals surface area contributed by atoms with Gasteiger partial charge in [0.05, 0.1) is 10.6 Å². The van der Waals surface area contributed by atoms with Crippen molar-refractivity contribution in [3.63, 3.8) is 0 Å². The predicted octanol–water partition coefficient (Wildman–Crippen LogP) is 2.29. The number of rotatable bonds is 1. The first-order valence-electron chi connectivity index (χ1n) is 5.31. The van der Waals surface area contributed by atoms with Crippen molar-refractivity contribution in [3.8, 4) is 0 Å². The minimum Gasteiger partial charge on any atom is -0.224 e. The molecule has 0 bridgehead atoms. The molecule has 1 aliphatic rings. The summed E-state index contributed by atoms with van der Waals surface area (Å²) in [7, 11) is -3.04. The van der Waals surface area contributed by atoms with E-state index in [0.29, 0.717) is 16.6 Å². The topological polar surface area (TPSA) is 34.1 Å². The Balaban J connectivity index is 2.49. The number of hydrogen-bond acceptors (Lipinski definition) is 2. The highest BCUT2D eigenvalue weighted by atomic mass is 32.2. The summed E-state index contributed by atoms with van der Waals surface area (Å²) in [6.45, 7) is 4.18. The Morgan fingerprint density at radius 1 is 1.27 bits per heavy atom. The fourth-order valence-electron chi connectivity index (χ4n) is 2.12. The van der Waals surface area contributed by atoms with Crippen molar-refractivity contribution in [2.45, 2.75) is 25.2 Å². The lowest BCUT2D eigenvalue weighted by molar-refractivity contribution is 0.405. The van der Waals surface area contributed by atoms with Gasteiger partial charge in [-0.1, -0.05) is 32.0 Å². The molecule has 0 saturated carbocycles. The standard InChI is InChI=1S/C12H16O2S/c1-9(2)11-7-10-5-3-4-6-12(10)15(13,14)8-11/h3-6,9,11H,7-8H2,1-2H3. The molecule has 1 aromatic carbocycles. The summed E-state index contributed by atoms with van der Waals surface area (Å²) >= 11 is 0. The molecule has 1 atom stereocenters. The second kappa shape index (κ2) is 3.63. The van der Waals surface area contributed by atoms with Crippen LogP contribution < -0.4 is 0 Å². The van der Waals surface area contributed by atoms with Crippen LogP contribution in [0.4, 0.5) is 0 Å². The van der Waals surface area contributed by atoms with Gasteiger partial charge in [-0.3, -0.25) is 0 Å². The van der Waals surface area contributed by atoms with E-state index in [1.165, 1.54) is 0 Å². The van der Waals surface area contributed by atoms with Crippen LogP contribution in [-0.2, 0) is 16.3 Å². The van der Waals surface area contributed by atoms with Gasteiger partial charge in [-0.05, 0) is 29.9 Å². The molecule has 1 unspecified atom stereocenters. The van der Waals surface area contributed by atoms with Gasteiger partial charge in [0, 0.05) is 0 Å². The van der Waals surface area contributed by atoms with Gasteiger partial charge in [0.1, 0.15) is 0 Å². The van der Waals surface area contributed by atoms with Crippen LogP contribution in [0.2, 0.25) is 0 Å². The quantitative estimate of drug-likeness (QED) is 0.733. The molecule has 0 spiro atoms. The smallest absolute Gasteiger partial charge is 0.178 e. The molecule has 2 rings (SSSR count). The number of sulfone groups is 1. The molecule has 1 aromatic rings. The third-order valence-corrected chi connectivity index (χ3v) is 5.10. The largest absolute Gasteiger partial charge is 0.224 e. The number of hydrogen-bond donors (Lipinski definition) is 0. The highest BCUT2D eigenvalue weighted by Crippen LogP contribution is 2.31. The van der Waals surface area contributed by atoms with Crippen molar-refractivity contribution in [2.75, 3.05) is 5.75 Å². The third kappa shape index (κ3) is 1.93. The van der Waals surface area contributed by atoms with Crippen LogP contribution >= 0.6 is 0 Å². The summed E-state index contributed by atoms with van der Waals surface area (Å²) in [6, 6.07) is 7.37. The van der Waals surface area contributed by atoms with Gasteiger partial charge in [0.25, 0.3) is 0 Å². The van der Waals surface area contributed by atoms with Gasteiger partial charge in [0.2, 0.25) is 0 Å². The highest BCUT2D eigenvalue weighted by molar-refractivity contribution is 7.91. The van der Waals surface area contributed by atoms with Gasteiger partial charge in [-0.2, -0.15) is 0 Å². The summed E-state index contributed by atoms with van der Waals surface area (Å²) in [5, 5.41) is 0. The monoisotopic (exact) mass is 224 g/mol. The Kier molecular flexibility index (Phi) is 2.59. The SMILES string of the molecule is CC(C)C1Cc2ccccc2S(=O)(=O)C1. The molecule has 15 heavy (non-hydrogen) atoms. The van der Waals surface area contributed by atoms with E-state index in [-0.39, 0.29) is 5.92 Å². The lowest BCUT2D eigenvalue weighted by Crippen LogP contribution is -2.28. The summed E-state index contributed by atoms with van der Waals surface area (Å²) in [5.41, 5.74) is 0.988. The number of fused-ring (bicyclic) bond motifs is 1. The Morgan fingerprint density at radius 2 is 1.93 bits per heavy atom. The van der Waals surface area contributed by atoms with Gasteiger partial charge in [-0.25, -0.2) is 8.42 Å². The van der Waals surface area contributed by atoms with E-state index >= 15 is 0 Å². The summed E-state index contributed by atoms with van der Waals surface area (Å²) in [5.74, 6) is 1.000. The minimum atomic E-state index is -3.04. The second-order valence-electron chi connectivity index (χ2n) is 4.60. The van der Waals surface area contributed by atoms with E-state index in [4.69, 9.17) is 0 Å². The molecule has 0 fully saturated rings. The first-order chi connectivity index (χ1) is 7.00. The van der Waals surface area contributed by atoms with E-state index in [0.717, 1.165) is 12.0 Å². The summed E-state index contributed by atoms with van der Waals surface area (Å²) in [4.78, 5) is 0.543. The van der Waals surface area contributed by atoms with Crippen LogP contribution in [0.5, 0.6) is 0 Å². The molecule has 2 nitrogen and oxygen atoms in total. The Morgan fingerprint density at radius 3 is 2.60 bits per heavy atom. The van der Waals surface area contributed by atoms with Crippen molar-refractivity contribution in [1.29, 1.82) is 0 Å². The van der Waals surface area contributed by atoms with Crippen LogP contribution in [0.1, 0.15) is 19.4 Å². The highest BCUT2D eigenvalue weighted by Gasteiger charge is 2.31. The Labute approximate surface area is 91.2 Å². The molecule has 0 saturated heterocycles. The molecule has 0 N–H and O–H groups in total. The van der Waals surface area contributed by atoms with Gasteiger partial charge in [-0.15, -0.1) is 0 Å². The molecule has 1 aliphatic heterocycles. The molecule has 0 aliphatic carbocycles. The molecule has 0 radical (unpaired) electrons. The van der Waals surface area contributed by atoms with Crippen molar-refractivity contribution in [3.05, 3.63) is 29.8 Å². The molecule has 1 heterocycles. The number of benzene rings is 1. The van der Waals surface area contributed by atoms with E-state index < -0.39 is 9.84 Å². The maximum absolute atomic E-state index is 12.0. The minimum absolute atomic E-state index is 0.268. The summed E-state index contributed by atoms with van der Waals surface area (Å²) < 4.78 is 24.0. The fraction of sp³-hybridized carbons (Fsp3) is 0.500. The van der Waals surface area contributed by atoms with Crippen molar-refractivity contribution >= 4 is 9.84 Å². The first kappa shape index (κ1) is 10.7. The second-order valence-corrected chi connectivity index (χ2v) is 6.60. The molecular formula is C12H16O2S. The third-order valence-electron chi connectivity index (χ3n) is 3.17. The van der Waals surface area contributed by atoms with E-state index in [1.807, 2.05) is 12.1 Å². The van der Waals surface area contributed by atoms with Crippen molar-refractivity contribution < 1.29 is 8.42 Å². The normalized spacial score (nSPS) is 23.8. The van der Waals surface area contributed by atoms with Crippen LogP contribution in [0, 0.1) is 11.8 Å². The van der Waals surface area contributed by atoms with Crippen LogP contribution in [-0.4, -0.2) is 14.2 Å². The van der Waals surface area contributed by atoms with Crippen molar-refractivity contribution in [1.82, 2.24) is 0 Å². The zero-order valence-corrected chi connectivity index (χ0v) is 9.92. The zero-order valence-electron chi connectivity index (χ0n) is 9.10. The Bertz CT molecular complexity index is 460.